The maximum atomic E-state index is 11.5. The Hall–Kier alpha value is -2.07. The highest BCUT2D eigenvalue weighted by Crippen LogP contribution is 2.10. The summed E-state index contributed by atoms with van der Waals surface area (Å²) in [6, 6.07) is 13.5. The molecule has 0 saturated heterocycles. The van der Waals surface area contributed by atoms with Crippen molar-refractivity contribution >= 4 is 23.3 Å². The molecule has 1 amide bonds. The molecule has 3 nitrogen and oxygen atoms in total. The van der Waals surface area contributed by atoms with Crippen LogP contribution in [-0.2, 0) is 4.79 Å². The minimum absolute atomic E-state index is 0.106. The molecule has 1 N–H and O–H groups in total. The summed E-state index contributed by atoms with van der Waals surface area (Å²) in [5.41, 5.74) is 0. The zero-order valence-corrected chi connectivity index (χ0v) is 11.2. The van der Waals surface area contributed by atoms with Crippen molar-refractivity contribution in [2.24, 2.45) is 0 Å². The summed E-state index contributed by atoms with van der Waals surface area (Å²) >= 11 is 1.60. The minimum Gasteiger partial charge on any atom is -0.492 e. The van der Waals surface area contributed by atoms with Crippen LogP contribution in [0.5, 0.6) is 5.75 Å². The second kappa shape index (κ2) is 7.38. The first-order valence-corrected chi connectivity index (χ1v) is 6.90. The number of nitrogens with one attached hydrogen (secondary N) is 1. The largest absolute Gasteiger partial charge is 0.492 e. The molecule has 0 saturated carbocycles. The lowest BCUT2D eigenvalue weighted by Crippen LogP contribution is -2.26. The molecular weight excluding hydrogens is 258 g/mol. The molecule has 1 heterocycles. The van der Waals surface area contributed by atoms with E-state index in [-0.39, 0.29) is 5.91 Å². The lowest BCUT2D eigenvalue weighted by Gasteiger charge is -2.05. The molecule has 0 spiro atoms. The van der Waals surface area contributed by atoms with E-state index in [0.717, 1.165) is 10.6 Å². The van der Waals surface area contributed by atoms with Gasteiger partial charge in [-0.25, -0.2) is 0 Å². The molecule has 19 heavy (non-hydrogen) atoms. The van der Waals surface area contributed by atoms with E-state index in [1.54, 1.807) is 17.4 Å². The number of carbonyl (C=O) groups is 1. The first kappa shape index (κ1) is 13.4. The van der Waals surface area contributed by atoms with Crippen LogP contribution in [0.3, 0.4) is 0 Å². The number of hydrogen-bond donors (Lipinski definition) is 1. The van der Waals surface area contributed by atoms with E-state index in [2.05, 4.69) is 5.32 Å². The zero-order valence-electron chi connectivity index (χ0n) is 10.4. The van der Waals surface area contributed by atoms with Crippen molar-refractivity contribution < 1.29 is 9.53 Å². The highest BCUT2D eigenvalue weighted by Gasteiger charge is 1.96. The van der Waals surface area contributed by atoms with Gasteiger partial charge in [-0.15, -0.1) is 11.3 Å². The monoisotopic (exact) mass is 273 g/mol. The van der Waals surface area contributed by atoms with Crippen LogP contribution in [0, 0.1) is 0 Å². The number of benzene rings is 1. The fourth-order valence-corrected chi connectivity index (χ4v) is 2.08. The van der Waals surface area contributed by atoms with Gasteiger partial charge in [0.25, 0.3) is 0 Å². The van der Waals surface area contributed by atoms with Crippen LogP contribution < -0.4 is 10.1 Å². The van der Waals surface area contributed by atoms with Gasteiger partial charge in [0.05, 0.1) is 6.54 Å². The number of para-hydroxylation sites is 1. The Balaban J connectivity index is 1.64. The Labute approximate surface area is 116 Å². The van der Waals surface area contributed by atoms with E-state index in [9.17, 15) is 4.79 Å². The van der Waals surface area contributed by atoms with Gasteiger partial charge >= 0.3 is 0 Å². The molecule has 0 aliphatic heterocycles. The van der Waals surface area contributed by atoms with Crippen molar-refractivity contribution in [1.29, 1.82) is 0 Å². The van der Waals surface area contributed by atoms with Crippen molar-refractivity contribution in [3.63, 3.8) is 0 Å². The van der Waals surface area contributed by atoms with Gasteiger partial charge in [0.2, 0.25) is 5.91 Å². The molecular formula is C15H15NO2S. The number of rotatable bonds is 6. The molecule has 0 fully saturated rings. The maximum absolute atomic E-state index is 11.5. The number of thiophene rings is 1. The van der Waals surface area contributed by atoms with Crippen molar-refractivity contribution in [2.75, 3.05) is 13.2 Å². The maximum Gasteiger partial charge on any atom is 0.244 e. The summed E-state index contributed by atoms with van der Waals surface area (Å²) in [7, 11) is 0. The Morgan fingerprint density at radius 2 is 2.05 bits per heavy atom. The number of amides is 1. The van der Waals surface area contributed by atoms with E-state index in [4.69, 9.17) is 4.74 Å². The van der Waals surface area contributed by atoms with Gasteiger partial charge < -0.3 is 10.1 Å². The van der Waals surface area contributed by atoms with E-state index >= 15 is 0 Å². The first-order valence-electron chi connectivity index (χ1n) is 6.02. The average molecular weight is 273 g/mol. The molecule has 0 radical (unpaired) electrons. The quantitative estimate of drug-likeness (QED) is 0.649. The lowest BCUT2D eigenvalue weighted by atomic mass is 10.3. The SMILES string of the molecule is O=C(C=Cc1cccs1)NCCOc1ccccc1. The van der Waals surface area contributed by atoms with Gasteiger partial charge in [0, 0.05) is 11.0 Å². The molecule has 0 aliphatic carbocycles. The predicted molar refractivity (Wildman–Crippen MR) is 78.3 cm³/mol. The van der Waals surface area contributed by atoms with Crippen LogP contribution in [0.1, 0.15) is 4.88 Å². The van der Waals surface area contributed by atoms with Crippen LogP contribution >= 0.6 is 11.3 Å². The Kier molecular flexibility index (Phi) is 5.19. The normalized spacial score (nSPS) is 10.5. The fourth-order valence-electron chi connectivity index (χ4n) is 1.46. The standard InChI is InChI=1S/C15H15NO2S/c17-15(9-8-14-7-4-12-19-14)16-10-11-18-13-5-2-1-3-6-13/h1-9,12H,10-11H2,(H,16,17). The van der Waals surface area contributed by atoms with Gasteiger partial charge in [-0.2, -0.15) is 0 Å². The number of ether oxygens (including phenoxy) is 1. The molecule has 1 aromatic carbocycles. The third-order valence-corrected chi connectivity index (χ3v) is 3.19. The van der Waals surface area contributed by atoms with Gasteiger partial charge in [0.1, 0.15) is 12.4 Å². The van der Waals surface area contributed by atoms with Crippen LogP contribution in [0.25, 0.3) is 6.08 Å². The summed E-state index contributed by atoms with van der Waals surface area (Å²) in [6.07, 6.45) is 3.34. The van der Waals surface area contributed by atoms with E-state index in [1.807, 2.05) is 47.8 Å². The average Bonchev–Trinajstić information content (AvgIpc) is 2.96. The molecule has 98 valence electrons. The zero-order chi connectivity index (χ0) is 13.3. The Bertz CT molecular complexity index is 520. The molecule has 1 aromatic heterocycles. The van der Waals surface area contributed by atoms with E-state index < -0.39 is 0 Å². The summed E-state index contributed by atoms with van der Waals surface area (Å²) < 4.78 is 5.47. The summed E-state index contributed by atoms with van der Waals surface area (Å²) in [5, 5.41) is 4.75. The van der Waals surface area contributed by atoms with Gasteiger partial charge in [0.15, 0.2) is 0 Å². The summed E-state index contributed by atoms with van der Waals surface area (Å²) in [4.78, 5) is 12.6. The smallest absolute Gasteiger partial charge is 0.244 e. The third-order valence-electron chi connectivity index (χ3n) is 2.36. The highest BCUT2D eigenvalue weighted by molar-refractivity contribution is 7.10. The molecule has 2 rings (SSSR count). The van der Waals surface area contributed by atoms with Crippen molar-refractivity contribution in [1.82, 2.24) is 5.32 Å². The minimum atomic E-state index is -0.106. The van der Waals surface area contributed by atoms with Gasteiger partial charge in [-0.05, 0) is 29.7 Å². The number of carbonyl (C=O) groups excluding carboxylic acids is 1. The molecule has 0 aliphatic rings. The fraction of sp³-hybridized carbons (Fsp3) is 0.133. The predicted octanol–water partition coefficient (Wildman–Crippen LogP) is 2.96. The van der Waals surface area contributed by atoms with E-state index in [0.29, 0.717) is 13.2 Å². The third kappa shape index (κ3) is 4.97. The molecule has 0 atom stereocenters. The second-order valence-electron chi connectivity index (χ2n) is 3.80. The van der Waals surface area contributed by atoms with Crippen LogP contribution in [-0.4, -0.2) is 19.1 Å². The van der Waals surface area contributed by atoms with Gasteiger partial charge in [-0.1, -0.05) is 24.3 Å². The topological polar surface area (TPSA) is 38.3 Å². The first-order chi connectivity index (χ1) is 9.34. The molecule has 0 unspecified atom stereocenters. The van der Waals surface area contributed by atoms with E-state index in [1.165, 1.54) is 6.08 Å². The molecule has 4 heteroatoms. The van der Waals surface area contributed by atoms with Crippen molar-refractivity contribution in [3.05, 3.63) is 58.8 Å². The Morgan fingerprint density at radius 3 is 2.79 bits per heavy atom. The summed E-state index contributed by atoms with van der Waals surface area (Å²) in [5.74, 6) is 0.705. The van der Waals surface area contributed by atoms with Crippen LogP contribution in [0.15, 0.2) is 53.9 Å². The Morgan fingerprint density at radius 1 is 1.21 bits per heavy atom. The lowest BCUT2D eigenvalue weighted by molar-refractivity contribution is -0.116. The summed E-state index contributed by atoms with van der Waals surface area (Å²) in [6.45, 7) is 0.950. The van der Waals surface area contributed by atoms with Crippen molar-refractivity contribution in [3.8, 4) is 5.75 Å². The van der Waals surface area contributed by atoms with Gasteiger partial charge in [-0.3, -0.25) is 4.79 Å². The molecule has 0 bridgehead atoms. The van der Waals surface area contributed by atoms with Crippen molar-refractivity contribution in [2.45, 2.75) is 0 Å². The second-order valence-corrected chi connectivity index (χ2v) is 4.78. The highest BCUT2D eigenvalue weighted by atomic mass is 32.1. The van der Waals surface area contributed by atoms with Crippen LogP contribution in [0.2, 0.25) is 0 Å². The van der Waals surface area contributed by atoms with Crippen LogP contribution in [0.4, 0.5) is 0 Å². The number of hydrogen-bond acceptors (Lipinski definition) is 3. The molecule has 2 aromatic rings.